The average Bonchev–Trinajstić information content (AvgIpc) is 3.28. The van der Waals surface area contributed by atoms with Gasteiger partial charge in [0.15, 0.2) is 5.69 Å². The smallest absolute Gasteiger partial charge is 0.337 e. The number of benzene rings is 1. The third-order valence-corrected chi connectivity index (χ3v) is 4.98. The van der Waals surface area contributed by atoms with Crippen LogP contribution in [0.25, 0.3) is 5.69 Å². The summed E-state index contributed by atoms with van der Waals surface area (Å²) in [7, 11) is 0. The minimum Gasteiger partial charge on any atom is -0.337 e. The zero-order valence-electron chi connectivity index (χ0n) is 15.0. The lowest BCUT2D eigenvalue weighted by Crippen LogP contribution is -2.39. The fourth-order valence-corrected chi connectivity index (χ4v) is 3.48. The third-order valence-electron chi connectivity index (χ3n) is 4.98. The van der Waals surface area contributed by atoms with Crippen LogP contribution in [0.4, 0.5) is 0 Å². The normalized spacial score (nSPS) is 15.2. The highest BCUT2D eigenvalue weighted by atomic mass is 16.6. The number of carbonyl (C=O) groups excluding carboxylic acids is 1. The summed E-state index contributed by atoms with van der Waals surface area (Å²) in [6.07, 6.45) is 2.36. The Bertz CT molecular complexity index is 982. The molecule has 9 nitrogen and oxygen atoms in total. The maximum absolute atomic E-state index is 12.5. The van der Waals surface area contributed by atoms with Crippen molar-refractivity contribution in [2.24, 2.45) is 5.92 Å². The van der Waals surface area contributed by atoms with Crippen LogP contribution in [0, 0.1) is 12.8 Å². The minimum atomic E-state index is -0.238. The van der Waals surface area contributed by atoms with Crippen LogP contribution in [0.3, 0.4) is 0 Å². The maximum atomic E-state index is 12.5. The first-order valence-electron chi connectivity index (χ1n) is 8.93. The highest BCUT2D eigenvalue weighted by Gasteiger charge is 2.28. The summed E-state index contributed by atoms with van der Waals surface area (Å²) >= 11 is 0. The number of para-hydroxylation sites is 1. The second-order valence-corrected chi connectivity index (χ2v) is 6.75. The number of aromatic nitrogens is 5. The highest BCUT2D eigenvalue weighted by molar-refractivity contribution is 5.93. The van der Waals surface area contributed by atoms with E-state index in [1.807, 2.05) is 30.3 Å². The molecule has 4 rings (SSSR count). The lowest BCUT2D eigenvalue weighted by atomic mass is 9.93. The van der Waals surface area contributed by atoms with Gasteiger partial charge in [-0.05, 0) is 43.0 Å². The van der Waals surface area contributed by atoms with Gasteiger partial charge in [-0.15, -0.1) is 0 Å². The van der Waals surface area contributed by atoms with Crippen LogP contribution in [0.5, 0.6) is 0 Å². The van der Waals surface area contributed by atoms with Crippen molar-refractivity contribution in [3.63, 3.8) is 0 Å². The molecule has 1 aromatic carbocycles. The van der Waals surface area contributed by atoms with Crippen molar-refractivity contribution in [3.8, 4) is 5.69 Å². The van der Waals surface area contributed by atoms with Crippen molar-refractivity contribution in [2.45, 2.75) is 26.2 Å². The number of nitrogens with one attached hydrogen (secondary N) is 1. The van der Waals surface area contributed by atoms with E-state index >= 15 is 0 Å². The molecule has 1 saturated heterocycles. The summed E-state index contributed by atoms with van der Waals surface area (Å²) in [6.45, 7) is 2.97. The topological polar surface area (TPSA) is 110 Å². The fraction of sp³-hybridized carbons (Fsp3) is 0.389. The molecule has 1 aliphatic heterocycles. The molecular weight excluding hydrogens is 348 g/mol. The number of hydrogen-bond donors (Lipinski definition) is 1. The fourth-order valence-electron chi connectivity index (χ4n) is 3.48. The first-order chi connectivity index (χ1) is 13.1. The lowest BCUT2D eigenvalue weighted by molar-refractivity contribution is 0.0678. The molecule has 0 radical (unpaired) electrons. The summed E-state index contributed by atoms with van der Waals surface area (Å²) in [6, 6.07) is 9.46. The van der Waals surface area contributed by atoms with E-state index in [0.717, 1.165) is 18.5 Å². The van der Waals surface area contributed by atoms with Crippen molar-refractivity contribution in [1.29, 1.82) is 0 Å². The number of carbonyl (C=O) groups is 1. The van der Waals surface area contributed by atoms with Crippen LogP contribution in [0.2, 0.25) is 0 Å². The Hall–Kier alpha value is -3.23. The Labute approximate surface area is 155 Å². The molecule has 27 heavy (non-hydrogen) atoms. The number of piperidine rings is 1. The second-order valence-electron chi connectivity index (χ2n) is 6.75. The van der Waals surface area contributed by atoms with E-state index in [0.29, 0.717) is 36.9 Å². The molecule has 3 aromatic rings. The van der Waals surface area contributed by atoms with Crippen molar-refractivity contribution in [3.05, 3.63) is 58.0 Å². The van der Waals surface area contributed by atoms with E-state index < -0.39 is 0 Å². The van der Waals surface area contributed by atoms with Crippen molar-refractivity contribution >= 4 is 5.91 Å². The van der Waals surface area contributed by atoms with Gasteiger partial charge in [0.25, 0.3) is 5.91 Å². The molecule has 2 aromatic heterocycles. The SMILES string of the molecule is Cc1nonc1C(=O)N1CCC(Cc2n[nH]c(=O)n2-c2ccccc2)CC1. The monoisotopic (exact) mass is 368 g/mol. The first kappa shape index (κ1) is 17.2. The van der Waals surface area contributed by atoms with Crippen LogP contribution in [-0.2, 0) is 6.42 Å². The zero-order valence-corrected chi connectivity index (χ0v) is 15.0. The molecule has 9 heteroatoms. The van der Waals surface area contributed by atoms with Gasteiger partial charge in [0, 0.05) is 19.5 Å². The highest BCUT2D eigenvalue weighted by Crippen LogP contribution is 2.23. The van der Waals surface area contributed by atoms with Crippen LogP contribution in [-0.4, -0.2) is 49.0 Å². The van der Waals surface area contributed by atoms with Crippen molar-refractivity contribution in [1.82, 2.24) is 30.0 Å². The van der Waals surface area contributed by atoms with Crippen LogP contribution in [0.15, 0.2) is 39.8 Å². The van der Waals surface area contributed by atoms with Crippen LogP contribution < -0.4 is 5.69 Å². The minimum absolute atomic E-state index is 0.145. The van der Waals surface area contributed by atoms with E-state index in [-0.39, 0.29) is 17.3 Å². The molecule has 1 aliphatic rings. The Morgan fingerprint density at radius 1 is 1.22 bits per heavy atom. The molecule has 0 aliphatic carbocycles. The van der Waals surface area contributed by atoms with E-state index in [1.54, 1.807) is 16.4 Å². The molecule has 0 bridgehead atoms. The van der Waals surface area contributed by atoms with Gasteiger partial charge in [-0.3, -0.25) is 4.79 Å². The number of amides is 1. The predicted octanol–water partition coefficient (Wildman–Crippen LogP) is 1.35. The zero-order chi connectivity index (χ0) is 18.8. The number of rotatable bonds is 4. The Morgan fingerprint density at radius 3 is 2.63 bits per heavy atom. The summed E-state index contributed by atoms with van der Waals surface area (Å²) < 4.78 is 6.24. The predicted molar refractivity (Wildman–Crippen MR) is 95.6 cm³/mol. The van der Waals surface area contributed by atoms with Gasteiger partial charge in [-0.2, -0.15) is 5.10 Å². The average molecular weight is 368 g/mol. The molecular formula is C18H20N6O3. The number of aromatic amines is 1. The number of hydrogen-bond acceptors (Lipinski definition) is 6. The summed E-state index contributed by atoms with van der Waals surface area (Å²) in [5, 5.41) is 14.1. The number of likely N-dealkylation sites (tertiary alicyclic amines) is 1. The number of nitrogens with zero attached hydrogens (tertiary/aromatic N) is 5. The van der Waals surface area contributed by atoms with Gasteiger partial charge in [-0.1, -0.05) is 23.4 Å². The molecule has 140 valence electrons. The van der Waals surface area contributed by atoms with Gasteiger partial charge in [-0.25, -0.2) is 19.1 Å². The largest absolute Gasteiger partial charge is 0.347 e. The van der Waals surface area contributed by atoms with Gasteiger partial charge >= 0.3 is 5.69 Å². The summed E-state index contributed by atoms with van der Waals surface area (Å²) in [5.74, 6) is 0.920. The second kappa shape index (κ2) is 7.18. The van der Waals surface area contributed by atoms with Crippen molar-refractivity contribution < 1.29 is 9.42 Å². The Morgan fingerprint density at radius 2 is 1.96 bits per heavy atom. The molecule has 1 N–H and O–H groups in total. The van der Waals surface area contributed by atoms with E-state index in [2.05, 4.69) is 25.1 Å². The Balaban J connectivity index is 1.43. The van der Waals surface area contributed by atoms with E-state index in [4.69, 9.17) is 0 Å². The van der Waals surface area contributed by atoms with Gasteiger partial charge in [0.2, 0.25) is 0 Å². The number of aryl methyl sites for hydroxylation is 1. The Kier molecular flexibility index (Phi) is 4.57. The van der Waals surface area contributed by atoms with E-state index in [9.17, 15) is 9.59 Å². The molecule has 0 unspecified atom stereocenters. The van der Waals surface area contributed by atoms with Gasteiger partial charge in [0.05, 0.1) is 5.69 Å². The van der Waals surface area contributed by atoms with Gasteiger partial charge < -0.3 is 4.90 Å². The maximum Gasteiger partial charge on any atom is 0.347 e. The van der Waals surface area contributed by atoms with Crippen LogP contribution in [0.1, 0.15) is 34.8 Å². The lowest BCUT2D eigenvalue weighted by Gasteiger charge is -2.31. The molecule has 1 amide bonds. The third kappa shape index (κ3) is 3.40. The number of H-pyrrole nitrogens is 1. The summed E-state index contributed by atoms with van der Waals surface area (Å²) in [5.41, 5.74) is 1.34. The quantitative estimate of drug-likeness (QED) is 0.744. The van der Waals surface area contributed by atoms with Crippen LogP contribution >= 0.6 is 0 Å². The standard InChI is InChI=1S/C18H20N6O3/c1-12-16(22-27-21-12)17(25)23-9-7-13(8-10-23)11-15-19-20-18(26)24(15)14-5-3-2-4-6-14/h2-6,13H,7-11H2,1H3,(H,20,26). The molecule has 0 saturated carbocycles. The summed E-state index contributed by atoms with van der Waals surface area (Å²) in [4.78, 5) is 26.4. The van der Waals surface area contributed by atoms with Crippen molar-refractivity contribution in [2.75, 3.05) is 13.1 Å². The van der Waals surface area contributed by atoms with Gasteiger partial charge in [0.1, 0.15) is 11.5 Å². The molecule has 3 heterocycles. The molecule has 0 spiro atoms. The first-order valence-corrected chi connectivity index (χ1v) is 8.93. The molecule has 0 atom stereocenters. The molecule has 1 fully saturated rings. The van der Waals surface area contributed by atoms with E-state index in [1.165, 1.54) is 0 Å².